The number of amides is 1. The van der Waals surface area contributed by atoms with Gasteiger partial charge in [0.05, 0.1) is 12.6 Å². The number of benzene rings is 1. The minimum absolute atomic E-state index is 0. The van der Waals surface area contributed by atoms with Gasteiger partial charge in [-0.25, -0.2) is 4.79 Å². The van der Waals surface area contributed by atoms with E-state index in [2.05, 4.69) is 5.32 Å². The van der Waals surface area contributed by atoms with Crippen molar-refractivity contribution in [2.75, 3.05) is 6.61 Å². The summed E-state index contributed by atoms with van der Waals surface area (Å²) in [6, 6.07) is 8.50. The van der Waals surface area contributed by atoms with E-state index in [-0.39, 0.29) is 36.9 Å². The molecule has 0 unspecified atom stereocenters. The third kappa shape index (κ3) is 7.08. The Morgan fingerprint density at radius 1 is 1.18 bits per heavy atom. The quantitative estimate of drug-likeness (QED) is 0.516. The molecule has 1 aromatic rings. The summed E-state index contributed by atoms with van der Waals surface area (Å²) in [6.07, 6.45) is 3.44. The number of hydrogen-bond acceptors (Lipinski definition) is 6. The maximum Gasteiger partial charge on any atom is 0.507 e. The van der Waals surface area contributed by atoms with E-state index in [9.17, 15) is 14.4 Å². The molecule has 8 nitrogen and oxygen atoms in total. The van der Waals surface area contributed by atoms with Crippen molar-refractivity contribution >= 4 is 30.4 Å². The lowest BCUT2D eigenvalue weighted by Crippen LogP contribution is -2.55. The summed E-state index contributed by atoms with van der Waals surface area (Å²) in [7, 11) is 0. The molecule has 1 saturated carbocycles. The maximum atomic E-state index is 13.4. The second kappa shape index (κ2) is 12.8. The molecule has 5 atom stereocenters. The molecule has 9 heteroatoms. The molecule has 33 heavy (non-hydrogen) atoms. The van der Waals surface area contributed by atoms with Crippen LogP contribution in [0.5, 0.6) is 0 Å². The van der Waals surface area contributed by atoms with Gasteiger partial charge in [0.25, 0.3) is 0 Å². The summed E-state index contributed by atoms with van der Waals surface area (Å²) in [4.78, 5) is 38.8. The fourth-order valence-corrected chi connectivity index (χ4v) is 5.01. The second-order valence-corrected chi connectivity index (χ2v) is 8.65. The molecule has 2 fully saturated rings. The molecule has 0 bridgehead atoms. The van der Waals surface area contributed by atoms with E-state index in [0.29, 0.717) is 19.3 Å². The van der Waals surface area contributed by atoms with Crippen LogP contribution >= 0.6 is 12.4 Å². The number of nitrogens with one attached hydrogen (secondary N) is 1. The van der Waals surface area contributed by atoms with Crippen molar-refractivity contribution in [3.8, 4) is 0 Å². The van der Waals surface area contributed by atoms with Crippen LogP contribution in [0.15, 0.2) is 30.3 Å². The highest BCUT2D eigenvalue weighted by Crippen LogP contribution is 2.40. The van der Waals surface area contributed by atoms with Crippen LogP contribution in [0.3, 0.4) is 0 Å². The van der Waals surface area contributed by atoms with Crippen molar-refractivity contribution in [2.45, 2.75) is 83.1 Å². The van der Waals surface area contributed by atoms with Gasteiger partial charge in [0.2, 0.25) is 5.91 Å². The smallest absolute Gasteiger partial charge is 0.465 e. The molecule has 2 N–H and O–H groups in total. The maximum absolute atomic E-state index is 13.4. The number of rotatable bonds is 9. The van der Waals surface area contributed by atoms with Gasteiger partial charge in [-0.2, -0.15) is 0 Å². The van der Waals surface area contributed by atoms with Gasteiger partial charge >= 0.3 is 12.1 Å². The summed E-state index contributed by atoms with van der Waals surface area (Å²) < 4.78 is 10.3. The highest BCUT2D eigenvalue weighted by Gasteiger charge is 2.47. The van der Waals surface area contributed by atoms with Crippen LogP contribution in [0.2, 0.25) is 0 Å². The lowest BCUT2D eigenvalue weighted by molar-refractivity contribution is -0.148. The molecule has 1 aromatic carbocycles. The zero-order chi connectivity index (χ0) is 23.1. The van der Waals surface area contributed by atoms with Crippen LogP contribution in [-0.2, 0) is 25.5 Å². The normalized spacial score (nSPS) is 23.6. The minimum Gasteiger partial charge on any atom is -0.465 e. The molecule has 2 aliphatic rings. The molecule has 1 amide bonds. The van der Waals surface area contributed by atoms with Crippen LogP contribution in [0.25, 0.3) is 0 Å². The van der Waals surface area contributed by atoms with Crippen LogP contribution in [0.1, 0.15) is 57.9 Å². The summed E-state index contributed by atoms with van der Waals surface area (Å²) in [5.74, 6) is -0.374. The predicted octanol–water partition coefficient (Wildman–Crippen LogP) is 3.76. The number of ether oxygens (including phenoxy) is 2. The van der Waals surface area contributed by atoms with Crippen molar-refractivity contribution in [2.24, 2.45) is 5.92 Å². The van der Waals surface area contributed by atoms with Crippen LogP contribution < -0.4 is 5.32 Å². The van der Waals surface area contributed by atoms with Crippen molar-refractivity contribution in [1.29, 1.82) is 0 Å². The average Bonchev–Trinajstić information content (AvgIpc) is 3.13. The molecule has 184 valence electrons. The highest BCUT2D eigenvalue weighted by atomic mass is 35.5. The molecule has 1 aliphatic carbocycles. The van der Waals surface area contributed by atoms with Gasteiger partial charge in [-0.15, -0.1) is 12.4 Å². The van der Waals surface area contributed by atoms with Gasteiger partial charge in [0.15, 0.2) is 6.23 Å². The Balaban J connectivity index is 0.00000385. The van der Waals surface area contributed by atoms with Crippen molar-refractivity contribution < 1.29 is 29.0 Å². The van der Waals surface area contributed by atoms with Gasteiger partial charge in [0, 0.05) is 12.5 Å². The molecule has 3 rings (SSSR count). The van der Waals surface area contributed by atoms with Crippen LogP contribution in [0, 0.1) is 5.92 Å². The fourth-order valence-electron chi connectivity index (χ4n) is 5.01. The SMILES string of the molecule is CCOC(=O)[C@H](CCc1ccccc1)N[C@@H](C)C(=O)N1[C@@H](OC(=O)O)C[C@@H]2CCCC[C@@H]21.Cl. The molecule has 1 aliphatic heterocycles. The Morgan fingerprint density at radius 3 is 2.55 bits per heavy atom. The Bertz CT molecular complexity index is 792. The van der Waals surface area contributed by atoms with E-state index >= 15 is 0 Å². The topological polar surface area (TPSA) is 105 Å². The second-order valence-electron chi connectivity index (χ2n) is 8.65. The zero-order valence-corrected chi connectivity index (χ0v) is 20.1. The molecular weight excluding hydrogens is 448 g/mol. The minimum atomic E-state index is -1.38. The number of esters is 1. The number of likely N-dealkylation sites (tertiary alicyclic amines) is 1. The molecular formula is C24H35ClN2O6. The zero-order valence-electron chi connectivity index (χ0n) is 19.3. The number of carboxylic acid groups (broad SMARTS) is 1. The first-order chi connectivity index (χ1) is 15.4. The summed E-state index contributed by atoms with van der Waals surface area (Å²) in [6.45, 7) is 3.72. The number of aryl methyl sites for hydroxylation is 1. The van der Waals surface area contributed by atoms with Crippen molar-refractivity contribution in [1.82, 2.24) is 10.2 Å². The van der Waals surface area contributed by atoms with Gasteiger partial charge in [0.1, 0.15) is 6.04 Å². The third-order valence-corrected chi connectivity index (χ3v) is 6.49. The Kier molecular flexibility index (Phi) is 10.4. The lowest BCUT2D eigenvalue weighted by Gasteiger charge is -2.35. The van der Waals surface area contributed by atoms with E-state index in [0.717, 1.165) is 31.2 Å². The fraction of sp³-hybridized carbons (Fsp3) is 0.625. The van der Waals surface area contributed by atoms with Gasteiger partial charge < -0.3 is 19.5 Å². The summed E-state index contributed by atoms with van der Waals surface area (Å²) in [5.41, 5.74) is 1.10. The third-order valence-electron chi connectivity index (χ3n) is 6.49. The first kappa shape index (κ1) is 26.9. The molecule has 0 spiro atoms. The molecule has 1 saturated heterocycles. The number of halogens is 1. The van der Waals surface area contributed by atoms with Gasteiger partial charge in [-0.3, -0.25) is 14.9 Å². The molecule has 1 heterocycles. The average molecular weight is 483 g/mol. The number of carbonyl (C=O) groups excluding carboxylic acids is 2. The standard InChI is InChI=1S/C24H34N2O6.ClH/c1-3-31-23(28)19(14-13-17-9-5-4-6-10-17)25-16(2)22(27)26-20-12-8-7-11-18(20)15-21(26)32-24(29)30;/h4-6,9-10,16,18-21,25H,3,7-8,11-15H2,1-2H3,(H,29,30);1H/t16-,18-,19-,20-,21-;/m0./s1. The highest BCUT2D eigenvalue weighted by molar-refractivity contribution is 5.85. The molecule has 0 radical (unpaired) electrons. The predicted molar refractivity (Wildman–Crippen MR) is 125 cm³/mol. The Labute approximate surface area is 201 Å². The van der Waals surface area contributed by atoms with Gasteiger partial charge in [-0.1, -0.05) is 43.2 Å². The Hall–Kier alpha value is -2.32. The molecule has 0 aromatic heterocycles. The largest absolute Gasteiger partial charge is 0.507 e. The van der Waals surface area contributed by atoms with E-state index in [1.165, 1.54) is 0 Å². The van der Waals surface area contributed by atoms with Crippen LogP contribution in [-0.4, -0.2) is 59.0 Å². The van der Waals surface area contributed by atoms with Crippen molar-refractivity contribution in [3.05, 3.63) is 35.9 Å². The van der Waals surface area contributed by atoms with E-state index in [4.69, 9.17) is 14.6 Å². The number of fused-ring (bicyclic) bond motifs is 1. The Morgan fingerprint density at radius 2 is 1.88 bits per heavy atom. The first-order valence-corrected chi connectivity index (χ1v) is 11.6. The first-order valence-electron chi connectivity index (χ1n) is 11.6. The monoisotopic (exact) mass is 482 g/mol. The van der Waals surface area contributed by atoms with Crippen LogP contribution in [0.4, 0.5) is 4.79 Å². The van der Waals surface area contributed by atoms with E-state index < -0.39 is 30.4 Å². The van der Waals surface area contributed by atoms with E-state index in [1.54, 1.807) is 18.7 Å². The summed E-state index contributed by atoms with van der Waals surface area (Å²) in [5, 5.41) is 12.3. The number of hydrogen-bond donors (Lipinski definition) is 2. The number of nitrogens with zero attached hydrogens (tertiary/aromatic N) is 1. The van der Waals surface area contributed by atoms with Gasteiger partial charge in [-0.05, 0) is 51.0 Å². The van der Waals surface area contributed by atoms with Crippen molar-refractivity contribution in [3.63, 3.8) is 0 Å². The van der Waals surface area contributed by atoms with E-state index in [1.807, 2.05) is 30.3 Å². The lowest BCUT2D eigenvalue weighted by atomic mass is 9.85. The summed E-state index contributed by atoms with van der Waals surface area (Å²) >= 11 is 0. The number of carbonyl (C=O) groups is 3.